The molecule has 0 atom stereocenters. The first kappa shape index (κ1) is 18.8. The Balaban J connectivity index is 2.22. The number of nitrogens with zero attached hydrogens (tertiary/aromatic N) is 4. The summed E-state index contributed by atoms with van der Waals surface area (Å²) in [5.74, 6) is -0.344. The highest BCUT2D eigenvalue weighted by Gasteiger charge is 2.18. The lowest BCUT2D eigenvalue weighted by Gasteiger charge is -2.12. The first-order valence-corrected chi connectivity index (χ1v) is 8.54. The summed E-state index contributed by atoms with van der Waals surface area (Å²) in [6.07, 6.45) is 0. The van der Waals surface area contributed by atoms with Gasteiger partial charge in [0.05, 0.1) is 25.7 Å². The molecule has 1 N–H and O–H groups in total. The van der Waals surface area contributed by atoms with Gasteiger partial charge in [-0.15, -0.1) is 0 Å². The molecule has 1 aromatic heterocycles. The van der Waals surface area contributed by atoms with Crippen molar-refractivity contribution in [1.82, 2.24) is 19.7 Å². The van der Waals surface area contributed by atoms with Gasteiger partial charge in [-0.1, -0.05) is 0 Å². The molecule has 1 heterocycles. The van der Waals surface area contributed by atoms with E-state index in [1.807, 2.05) is 0 Å². The molecule has 0 unspecified atom stereocenters. The van der Waals surface area contributed by atoms with Crippen LogP contribution in [0.5, 0.6) is 11.8 Å². The van der Waals surface area contributed by atoms with E-state index in [2.05, 4.69) is 19.7 Å². The van der Waals surface area contributed by atoms with E-state index in [1.54, 1.807) is 19.0 Å². The van der Waals surface area contributed by atoms with Gasteiger partial charge in [0.2, 0.25) is 16.0 Å². The third-order valence-electron chi connectivity index (χ3n) is 3.09. The molecule has 0 spiro atoms. The highest BCUT2D eigenvalue weighted by atomic mass is 32.2. The van der Waals surface area contributed by atoms with E-state index in [0.717, 1.165) is 6.07 Å². The van der Waals surface area contributed by atoms with Gasteiger partial charge in [-0.25, -0.2) is 17.5 Å². The third kappa shape index (κ3) is 4.51. The van der Waals surface area contributed by atoms with E-state index < -0.39 is 15.8 Å². The maximum atomic E-state index is 13.7. The molecule has 2 rings (SSSR count). The number of aromatic nitrogens is 3. The molecule has 2 aromatic rings. The molecule has 1 aromatic carbocycles. The number of methoxy groups -OCH3 is 2. The SMILES string of the molecule is COc1nc(CNS(=O)(=O)c2ccc(OC)c(F)c2)nc(N(C)C)n1. The molecule has 0 amide bonds. The Morgan fingerprint density at radius 1 is 1.16 bits per heavy atom. The summed E-state index contributed by atoms with van der Waals surface area (Å²) in [6, 6.07) is 3.41. The standard InChI is InChI=1S/C14H18FN5O4S/c1-20(2)13-17-12(18-14(19-13)24-4)8-16-25(21,22)9-5-6-11(23-3)10(15)7-9/h5-7,16H,8H2,1-4H3. The molecular weight excluding hydrogens is 353 g/mol. The molecule has 0 radical (unpaired) electrons. The Kier molecular flexibility index (Phi) is 5.69. The van der Waals surface area contributed by atoms with Crippen LogP contribution in [0.25, 0.3) is 0 Å². The second-order valence-electron chi connectivity index (χ2n) is 5.05. The molecule has 0 saturated carbocycles. The van der Waals surface area contributed by atoms with Crippen molar-refractivity contribution in [2.24, 2.45) is 0 Å². The average molecular weight is 371 g/mol. The van der Waals surface area contributed by atoms with Gasteiger partial charge >= 0.3 is 6.01 Å². The number of hydrogen-bond donors (Lipinski definition) is 1. The quantitative estimate of drug-likeness (QED) is 0.753. The molecule has 0 aliphatic carbocycles. The zero-order valence-electron chi connectivity index (χ0n) is 14.1. The molecule has 11 heteroatoms. The third-order valence-corrected chi connectivity index (χ3v) is 4.48. The van der Waals surface area contributed by atoms with Crippen molar-refractivity contribution in [2.75, 3.05) is 33.2 Å². The summed E-state index contributed by atoms with van der Waals surface area (Å²) in [5, 5.41) is 0. The van der Waals surface area contributed by atoms with Crippen LogP contribution in [-0.4, -0.2) is 51.7 Å². The van der Waals surface area contributed by atoms with Crippen LogP contribution < -0.4 is 19.1 Å². The lowest BCUT2D eigenvalue weighted by molar-refractivity contribution is 0.375. The average Bonchev–Trinajstić information content (AvgIpc) is 2.59. The van der Waals surface area contributed by atoms with E-state index in [4.69, 9.17) is 9.47 Å². The Morgan fingerprint density at radius 3 is 2.44 bits per heavy atom. The van der Waals surface area contributed by atoms with Crippen molar-refractivity contribution in [3.8, 4) is 11.8 Å². The maximum absolute atomic E-state index is 13.7. The minimum atomic E-state index is -3.96. The van der Waals surface area contributed by atoms with Crippen molar-refractivity contribution in [2.45, 2.75) is 11.4 Å². The van der Waals surface area contributed by atoms with Crippen LogP contribution in [0.15, 0.2) is 23.1 Å². The molecule has 25 heavy (non-hydrogen) atoms. The highest BCUT2D eigenvalue weighted by Crippen LogP contribution is 2.20. The molecule has 0 saturated heterocycles. The van der Waals surface area contributed by atoms with Crippen LogP contribution in [0, 0.1) is 5.82 Å². The molecule has 0 fully saturated rings. The van der Waals surface area contributed by atoms with Gasteiger partial charge in [-0.3, -0.25) is 0 Å². The largest absolute Gasteiger partial charge is 0.494 e. The van der Waals surface area contributed by atoms with E-state index in [-0.39, 0.29) is 29.0 Å². The van der Waals surface area contributed by atoms with Crippen molar-refractivity contribution < 1.29 is 22.3 Å². The van der Waals surface area contributed by atoms with Gasteiger partial charge in [-0.2, -0.15) is 15.0 Å². The van der Waals surface area contributed by atoms with Crippen LogP contribution in [0.1, 0.15) is 5.82 Å². The minimum absolute atomic E-state index is 0.0446. The smallest absolute Gasteiger partial charge is 0.321 e. The fraction of sp³-hybridized carbons (Fsp3) is 0.357. The summed E-state index contributed by atoms with van der Waals surface area (Å²) in [4.78, 5) is 13.5. The van der Waals surface area contributed by atoms with Gasteiger partial charge in [0.15, 0.2) is 17.4 Å². The predicted octanol–water partition coefficient (Wildman–Crippen LogP) is 0.572. The fourth-order valence-corrected chi connectivity index (χ4v) is 2.81. The number of nitrogens with one attached hydrogen (secondary N) is 1. The van der Waals surface area contributed by atoms with Gasteiger partial charge < -0.3 is 14.4 Å². The molecule has 0 aliphatic heterocycles. The zero-order chi connectivity index (χ0) is 18.6. The van der Waals surface area contributed by atoms with Gasteiger partial charge in [0.25, 0.3) is 0 Å². The van der Waals surface area contributed by atoms with Crippen LogP contribution in [0.4, 0.5) is 10.3 Å². The van der Waals surface area contributed by atoms with Gasteiger partial charge in [0.1, 0.15) is 0 Å². The summed E-state index contributed by atoms with van der Waals surface area (Å²) < 4.78 is 50.4. The molecule has 136 valence electrons. The number of benzene rings is 1. The Morgan fingerprint density at radius 2 is 1.88 bits per heavy atom. The first-order valence-electron chi connectivity index (χ1n) is 7.06. The predicted molar refractivity (Wildman–Crippen MR) is 87.7 cm³/mol. The molecule has 0 aliphatic rings. The molecular formula is C14H18FN5O4S. The van der Waals surface area contributed by atoms with Crippen molar-refractivity contribution in [3.63, 3.8) is 0 Å². The summed E-state index contributed by atoms with van der Waals surface area (Å²) in [6.45, 7) is -0.213. The first-order chi connectivity index (χ1) is 11.8. The number of sulfonamides is 1. The second kappa shape index (κ2) is 7.57. The fourth-order valence-electron chi connectivity index (χ4n) is 1.81. The number of hydrogen-bond acceptors (Lipinski definition) is 8. The Hall–Kier alpha value is -2.53. The van der Waals surface area contributed by atoms with E-state index in [9.17, 15) is 12.8 Å². The summed E-state index contributed by atoms with van der Waals surface area (Å²) in [7, 11) is 2.18. The number of ether oxygens (including phenoxy) is 2. The van der Waals surface area contributed by atoms with Gasteiger partial charge in [0, 0.05) is 14.1 Å². The Labute approximate surface area is 144 Å². The topological polar surface area (TPSA) is 107 Å². The Bertz CT molecular complexity index is 860. The van der Waals surface area contributed by atoms with Crippen molar-refractivity contribution in [1.29, 1.82) is 0 Å². The van der Waals surface area contributed by atoms with E-state index in [0.29, 0.717) is 5.95 Å². The van der Waals surface area contributed by atoms with Gasteiger partial charge in [-0.05, 0) is 18.2 Å². The van der Waals surface area contributed by atoms with Crippen LogP contribution in [0.2, 0.25) is 0 Å². The number of halogens is 1. The van der Waals surface area contributed by atoms with Crippen molar-refractivity contribution >= 4 is 16.0 Å². The maximum Gasteiger partial charge on any atom is 0.321 e. The number of rotatable bonds is 7. The summed E-state index contributed by atoms with van der Waals surface area (Å²) >= 11 is 0. The van der Waals surface area contributed by atoms with Crippen LogP contribution >= 0.6 is 0 Å². The highest BCUT2D eigenvalue weighted by molar-refractivity contribution is 7.89. The zero-order valence-corrected chi connectivity index (χ0v) is 15.0. The lowest BCUT2D eigenvalue weighted by Crippen LogP contribution is -2.25. The van der Waals surface area contributed by atoms with E-state index >= 15 is 0 Å². The normalized spacial score (nSPS) is 11.2. The van der Waals surface area contributed by atoms with Crippen LogP contribution in [0.3, 0.4) is 0 Å². The second-order valence-corrected chi connectivity index (χ2v) is 6.82. The minimum Gasteiger partial charge on any atom is -0.494 e. The lowest BCUT2D eigenvalue weighted by atomic mass is 10.3. The van der Waals surface area contributed by atoms with Crippen LogP contribution in [-0.2, 0) is 16.6 Å². The van der Waals surface area contributed by atoms with Crippen molar-refractivity contribution in [3.05, 3.63) is 29.8 Å². The monoisotopic (exact) mass is 371 g/mol. The number of anilines is 1. The molecule has 9 nitrogen and oxygen atoms in total. The summed E-state index contributed by atoms with van der Waals surface area (Å²) in [5.41, 5.74) is 0. The van der Waals surface area contributed by atoms with E-state index in [1.165, 1.54) is 26.4 Å². The molecule has 0 bridgehead atoms.